The fourth-order valence-corrected chi connectivity index (χ4v) is 4.33. The number of carbonyl (C=O) groups is 1. The van der Waals surface area contributed by atoms with E-state index in [0.29, 0.717) is 18.2 Å². The molecule has 1 aliphatic carbocycles. The molecular weight excluding hydrogens is 318 g/mol. The van der Waals surface area contributed by atoms with Crippen molar-refractivity contribution in [2.75, 3.05) is 25.2 Å². The molecule has 0 aromatic heterocycles. The lowest BCUT2D eigenvalue weighted by molar-refractivity contribution is 0.183. The van der Waals surface area contributed by atoms with E-state index in [0.717, 1.165) is 24.8 Å². The van der Waals surface area contributed by atoms with Gasteiger partial charge in [0.05, 0.1) is 19.4 Å². The van der Waals surface area contributed by atoms with E-state index in [1.165, 1.54) is 0 Å². The van der Waals surface area contributed by atoms with E-state index >= 15 is 0 Å². The molecule has 0 radical (unpaired) electrons. The number of hydrogen-bond acceptors (Lipinski definition) is 4. The zero-order valence-electron chi connectivity index (χ0n) is 13.2. The number of fused-ring (bicyclic) bond motifs is 2. The molecule has 23 heavy (non-hydrogen) atoms. The fraction of sp³-hybridized carbons (Fsp3) is 0.533. The van der Waals surface area contributed by atoms with E-state index in [4.69, 9.17) is 4.74 Å². The number of piperidine rings is 1. The zero-order valence-corrected chi connectivity index (χ0v) is 14.0. The third-order valence-corrected chi connectivity index (χ3v) is 5.18. The molecule has 2 bridgehead atoms. The van der Waals surface area contributed by atoms with Crippen molar-refractivity contribution in [3.63, 3.8) is 0 Å². The van der Waals surface area contributed by atoms with Crippen LogP contribution in [0, 0.1) is 5.92 Å². The topological polar surface area (TPSA) is 87.7 Å². The van der Waals surface area contributed by atoms with Crippen LogP contribution in [-0.4, -0.2) is 51.3 Å². The lowest BCUT2D eigenvalue weighted by Gasteiger charge is -2.33. The van der Waals surface area contributed by atoms with Crippen LogP contribution in [0.5, 0.6) is 5.75 Å². The zero-order chi connectivity index (χ0) is 16.6. The summed E-state index contributed by atoms with van der Waals surface area (Å²) in [6.45, 7) is 0.675. The molecule has 1 saturated heterocycles. The van der Waals surface area contributed by atoms with Gasteiger partial charge < -0.3 is 15.0 Å². The first-order chi connectivity index (χ1) is 10.9. The Kier molecular flexibility index (Phi) is 4.20. The summed E-state index contributed by atoms with van der Waals surface area (Å²) in [7, 11) is -1.68. The molecule has 1 aromatic rings. The molecule has 3 atom stereocenters. The van der Waals surface area contributed by atoms with Crippen molar-refractivity contribution in [1.82, 2.24) is 9.62 Å². The lowest BCUT2D eigenvalue weighted by atomic mass is 10.1. The number of anilines is 1. The van der Waals surface area contributed by atoms with Crippen molar-refractivity contribution in [1.29, 1.82) is 0 Å². The van der Waals surface area contributed by atoms with Crippen molar-refractivity contribution in [3.05, 3.63) is 24.3 Å². The predicted octanol–water partition coefficient (Wildman–Crippen LogP) is 1.24. The third-order valence-electron chi connectivity index (χ3n) is 4.45. The van der Waals surface area contributed by atoms with Crippen molar-refractivity contribution in [3.8, 4) is 5.75 Å². The minimum atomic E-state index is -3.27. The molecule has 1 aliphatic heterocycles. The molecule has 0 spiro atoms. The van der Waals surface area contributed by atoms with Gasteiger partial charge in [-0.25, -0.2) is 17.9 Å². The second-order valence-electron chi connectivity index (χ2n) is 6.21. The highest BCUT2D eigenvalue weighted by Crippen LogP contribution is 2.38. The number of nitrogens with one attached hydrogen (secondary N) is 2. The summed E-state index contributed by atoms with van der Waals surface area (Å²) in [5.74, 6) is 1.08. The second-order valence-corrected chi connectivity index (χ2v) is 7.99. The summed E-state index contributed by atoms with van der Waals surface area (Å²) in [6.07, 6.45) is 2.80. The van der Waals surface area contributed by atoms with Gasteiger partial charge in [-0.15, -0.1) is 0 Å². The van der Waals surface area contributed by atoms with E-state index in [1.54, 1.807) is 36.3 Å². The van der Waals surface area contributed by atoms with Crippen LogP contribution in [0.3, 0.4) is 0 Å². The summed E-state index contributed by atoms with van der Waals surface area (Å²) in [6, 6.07) is 6.65. The van der Waals surface area contributed by atoms with E-state index in [-0.39, 0.29) is 18.1 Å². The molecule has 8 heteroatoms. The van der Waals surface area contributed by atoms with Crippen molar-refractivity contribution < 1.29 is 17.9 Å². The smallest absolute Gasteiger partial charge is 0.322 e. The van der Waals surface area contributed by atoms with Crippen LogP contribution in [-0.2, 0) is 10.0 Å². The second kappa shape index (κ2) is 6.01. The molecule has 2 amide bonds. The number of likely N-dealkylation sites (tertiary alicyclic amines) is 1. The van der Waals surface area contributed by atoms with Gasteiger partial charge in [-0.2, -0.15) is 0 Å². The molecule has 2 aliphatic rings. The van der Waals surface area contributed by atoms with Crippen molar-refractivity contribution in [2.45, 2.75) is 24.9 Å². The largest absolute Gasteiger partial charge is 0.497 e. The van der Waals surface area contributed by atoms with E-state index < -0.39 is 10.0 Å². The van der Waals surface area contributed by atoms with Gasteiger partial charge in [0.25, 0.3) is 0 Å². The maximum Gasteiger partial charge on any atom is 0.322 e. The van der Waals surface area contributed by atoms with Crippen LogP contribution < -0.4 is 14.8 Å². The Hall–Kier alpha value is -1.80. The van der Waals surface area contributed by atoms with Gasteiger partial charge in [0, 0.05) is 18.3 Å². The Bertz CT molecular complexity index is 689. The minimum absolute atomic E-state index is 0.0760. The van der Waals surface area contributed by atoms with Gasteiger partial charge in [-0.05, 0) is 43.0 Å². The first-order valence-electron chi connectivity index (χ1n) is 7.54. The summed E-state index contributed by atoms with van der Waals surface area (Å²) >= 11 is 0. The molecule has 2 fully saturated rings. The standard InChI is InChI=1S/C15H21N3O4S/c1-22-12-5-3-11(4-6-12)16-15(19)18-9-10-7-13(14(18)8-10)17-23(2,20)21/h3-6,10,13-14,17H,7-9H2,1-2H3,(H,16,19)/t10-,13+,14-/m1/s1. The maximum absolute atomic E-state index is 12.5. The molecule has 7 nitrogen and oxygen atoms in total. The number of amides is 2. The van der Waals surface area contributed by atoms with Gasteiger partial charge in [0.1, 0.15) is 5.75 Å². The predicted molar refractivity (Wildman–Crippen MR) is 87.0 cm³/mol. The molecule has 3 rings (SSSR count). The molecule has 0 unspecified atom stereocenters. The number of ether oxygens (including phenoxy) is 1. The Balaban J connectivity index is 1.65. The van der Waals surface area contributed by atoms with Crippen LogP contribution in [0.4, 0.5) is 10.5 Å². The molecule has 1 saturated carbocycles. The maximum atomic E-state index is 12.5. The molecule has 2 N–H and O–H groups in total. The molecular formula is C15H21N3O4S. The number of benzene rings is 1. The number of carbonyl (C=O) groups excluding carboxylic acids is 1. The van der Waals surface area contributed by atoms with Crippen molar-refractivity contribution in [2.24, 2.45) is 5.92 Å². The summed E-state index contributed by atoms with van der Waals surface area (Å²) in [4.78, 5) is 14.2. The first-order valence-corrected chi connectivity index (χ1v) is 9.44. The minimum Gasteiger partial charge on any atom is -0.497 e. The number of rotatable bonds is 4. The van der Waals surface area contributed by atoms with Crippen molar-refractivity contribution >= 4 is 21.7 Å². The fourth-order valence-electron chi connectivity index (χ4n) is 3.53. The SMILES string of the molecule is COc1ccc(NC(=O)N2C[C@@H]3C[C@H](NS(C)(=O)=O)[C@H]2C3)cc1. The van der Waals surface area contributed by atoms with Gasteiger partial charge in [0.2, 0.25) is 10.0 Å². The average Bonchev–Trinajstić information content (AvgIpc) is 3.06. The summed E-state index contributed by atoms with van der Waals surface area (Å²) in [5, 5.41) is 2.86. The van der Waals surface area contributed by atoms with E-state index in [1.807, 2.05) is 0 Å². The Labute approximate surface area is 136 Å². The van der Waals surface area contributed by atoms with Gasteiger partial charge in [-0.3, -0.25) is 0 Å². The van der Waals surface area contributed by atoms with Crippen LogP contribution in [0.1, 0.15) is 12.8 Å². The molecule has 1 aromatic carbocycles. The molecule has 126 valence electrons. The number of sulfonamides is 1. The highest BCUT2D eigenvalue weighted by Gasteiger charge is 2.47. The van der Waals surface area contributed by atoms with Gasteiger partial charge in [0.15, 0.2) is 0 Å². The van der Waals surface area contributed by atoms with E-state index in [2.05, 4.69) is 10.0 Å². The van der Waals surface area contributed by atoms with E-state index in [9.17, 15) is 13.2 Å². The van der Waals surface area contributed by atoms with Crippen LogP contribution >= 0.6 is 0 Å². The lowest BCUT2D eigenvalue weighted by Crippen LogP contribution is -2.52. The average molecular weight is 339 g/mol. The summed E-state index contributed by atoms with van der Waals surface area (Å²) < 4.78 is 30.6. The Morgan fingerprint density at radius 3 is 2.52 bits per heavy atom. The first kappa shape index (κ1) is 16.1. The molecule has 1 heterocycles. The quantitative estimate of drug-likeness (QED) is 0.864. The number of nitrogens with zero attached hydrogens (tertiary/aromatic N) is 1. The normalized spacial score (nSPS) is 26.3. The third kappa shape index (κ3) is 3.59. The van der Waals surface area contributed by atoms with Crippen LogP contribution in [0.2, 0.25) is 0 Å². The number of urea groups is 1. The Morgan fingerprint density at radius 2 is 1.96 bits per heavy atom. The van der Waals surface area contributed by atoms with Crippen LogP contribution in [0.25, 0.3) is 0 Å². The van der Waals surface area contributed by atoms with Gasteiger partial charge >= 0.3 is 6.03 Å². The number of methoxy groups -OCH3 is 1. The highest BCUT2D eigenvalue weighted by atomic mass is 32.2. The monoisotopic (exact) mass is 339 g/mol. The summed E-state index contributed by atoms with van der Waals surface area (Å²) in [5.41, 5.74) is 0.686. The highest BCUT2D eigenvalue weighted by molar-refractivity contribution is 7.88. The number of hydrogen-bond donors (Lipinski definition) is 2. The Morgan fingerprint density at radius 1 is 1.26 bits per heavy atom. The van der Waals surface area contributed by atoms with Crippen LogP contribution in [0.15, 0.2) is 24.3 Å². The van der Waals surface area contributed by atoms with Gasteiger partial charge in [-0.1, -0.05) is 0 Å².